The Balaban J connectivity index is 1.22. The summed E-state index contributed by atoms with van der Waals surface area (Å²) in [5.74, 6) is 0.279. The number of fused-ring (bicyclic) bond motifs is 2. The zero-order chi connectivity index (χ0) is 28.6. The van der Waals surface area contributed by atoms with Crippen LogP contribution in [0.2, 0.25) is 0 Å². The molecule has 222 valence electrons. The van der Waals surface area contributed by atoms with Crippen LogP contribution in [-0.2, 0) is 20.7 Å². The molecule has 0 aromatic heterocycles. The monoisotopic (exact) mass is 562 g/mol. The topological polar surface area (TPSA) is 93.1 Å². The predicted octanol–water partition coefficient (Wildman–Crippen LogP) is 2.75. The maximum absolute atomic E-state index is 12.6. The van der Waals surface area contributed by atoms with E-state index < -0.39 is 0 Å². The molecule has 1 aromatic carbocycles. The van der Waals surface area contributed by atoms with Crippen LogP contribution in [0.4, 0.5) is 0 Å². The maximum Gasteiger partial charge on any atom is 0.246 e. The van der Waals surface area contributed by atoms with Crippen molar-refractivity contribution in [3.05, 3.63) is 48.0 Å². The van der Waals surface area contributed by atoms with Gasteiger partial charge in [-0.3, -0.25) is 20.3 Å². The van der Waals surface area contributed by atoms with Crippen LogP contribution < -0.4 is 10.6 Å². The van der Waals surface area contributed by atoms with E-state index in [1.807, 2.05) is 4.90 Å². The number of carbonyl (C=O) groups is 1. The number of nitriles is 1. The van der Waals surface area contributed by atoms with Gasteiger partial charge in [-0.15, -0.1) is 0 Å². The number of likely N-dealkylation sites (N-methyl/N-ethyl adjacent to an activating group) is 1. The molecule has 4 heterocycles. The van der Waals surface area contributed by atoms with Gasteiger partial charge in [0.1, 0.15) is 0 Å². The van der Waals surface area contributed by atoms with Crippen molar-refractivity contribution >= 4 is 5.91 Å². The highest BCUT2D eigenvalue weighted by Gasteiger charge is 2.51. The Labute approximate surface area is 244 Å². The van der Waals surface area contributed by atoms with Crippen LogP contribution in [0.25, 0.3) is 0 Å². The number of benzene rings is 1. The summed E-state index contributed by atoms with van der Waals surface area (Å²) in [6.07, 6.45) is 7.93. The predicted molar refractivity (Wildman–Crippen MR) is 156 cm³/mol. The number of piperazine rings is 1. The lowest BCUT2D eigenvalue weighted by molar-refractivity contribution is -0.165. The highest BCUT2D eigenvalue weighted by atomic mass is 16.5. The number of hydrogen-bond donors (Lipinski definition) is 2. The molecule has 9 nitrogen and oxygen atoms in total. The first kappa shape index (κ1) is 28.8. The van der Waals surface area contributed by atoms with Crippen molar-refractivity contribution in [2.45, 2.75) is 94.2 Å². The minimum absolute atomic E-state index is 0.0844. The normalized spacial score (nSPS) is 37.8. The first-order valence-electron chi connectivity index (χ1n) is 15.5. The molecular formula is C32H46N6O3. The molecular weight excluding hydrogens is 516 g/mol. The molecule has 8 atom stereocenters. The fraction of sp³-hybridized carbons (Fsp3) is 0.688. The fourth-order valence-electron chi connectivity index (χ4n) is 8.24. The van der Waals surface area contributed by atoms with Crippen LogP contribution >= 0.6 is 0 Å². The molecule has 1 aliphatic carbocycles. The minimum Gasteiger partial charge on any atom is -0.367 e. The van der Waals surface area contributed by atoms with E-state index in [-0.39, 0.29) is 42.2 Å². The molecule has 4 aliphatic heterocycles. The van der Waals surface area contributed by atoms with Gasteiger partial charge < -0.3 is 19.3 Å². The average molecular weight is 563 g/mol. The summed E-state index contributed by atoms with van der Waals surface area (Å²) in [6.45, 7) is 9.70. The van der Waals surface area contributed by atoms with Crippen molar-refractivity contribution in [2.75, 3.05) is 39.8 Å². The Morgan fingerprint density at radius 1 is 1.24 bits per heavy atom. The Bertz CT molecular complexity index is 1160. The molecule has 9 heteroatoms. The average Bonchev–Trinajstić information content (AvgIpc) is 3.39. The second-order valence-electron chi connectivity index (χ2n) is 12.8. The van der Waals surface area contributed by atoms with Crippen LogP contribution in [0.1, 0.15) is 62.7 Å². The van der Waals surface area contributed by atoms with Gasteiger partial charge in [-0.2, -0.15) is 5.26 Å². The third-order valence-electron chi connectivity index (χ3n) is 10.4. The van der Waals surface area contributed by atoms with E-state index in [2.05, 4.69) is 71.3 Å². The lowest BCUT2D eigenvalue weighted by Crippen LogP contribution is -2.73. The van der Waals surface area contributed by atoms with E-state index in [0.29, 0.717) is 38.1 Å². The van der Waals surface area contributed by atoms with Crippen molar-refractivity contribution in [2.24, 2.45) is 5.92 Å². The first-order valence-corrected chi connectivity index (χ1v) is 15.5. The van der Waals surface area contributed by atoms with Crippen molar-refractivity contribution in [1.82, 2.24) is 25.3 Å². The summed E-state index contributed by atoms with van der Waals surface area (Å²) in [5, 5.41) is 17.2. The van der Waals surface area contributed by atoms with Crippen LogP contribution in [0.5, 0.6) is 0 Å². The molecule has 0 radical (unpaired) electrons. The second-order valence-corrected chi connectivity index (χ2v) is 12.8. The number of hydrogen-bond acceptors (Lipinski definition) is 8. The van der Waals surface area contributed by atoms with Gasteiger partial charge in [-0.05, 0) is 69.8 Å². The van der Waals surface area contributed by atoms with Gasteiger partial charge in [0, 0.05) is 44.1 Å². The summed E-state index contributed by atoms with van der Waals surface area (Å²) in [7, 11) is 2.19. The van der Waals surface area contributed by atoms with Crippen LogP contribution in [-0.4, -0.2) is 96.7 Å². The number of ether oxygens (including phenoxy) is 2. The van der Waals surface area contributed by atoms with Crippen molar-refractivity contribution in [3.63, 3.8) is 0 Å². The summed E-state index contributed by atoms with van der Waals surface area (Å²) >= 11 is 0. The zero-order valence-electron chi connectivity index (χ0n) is 24.6. The summed E-state index contributed by atoms with van der Waals surface area (Å²) in [4.78, 5) is 19.2. The van der Waals surface area contributed by atoms with Gasteiger partial charge in [-0.25, -0.2) is 0 Å². The number of nitrogens with one attached hydrogen (secondary N) is 2. The molecule has 4 fully saturated rings. The molecule has 2 N–H and O–H groups in total. The van der Waals surface area contributed by atoms with Gasteiger partial charge >= 0.3 is 0 Å². The number of likely N-dealkylation sites (tertiary alicyclic amines) is 1. The van der Waals surface area contributed by atoms with E-state index in [1.54, 1.807) is 0 Å². The van der Waals surface area contributed by atoms with Gasteiger partial charge in [0.2, 0.25) is 5.91 Å². The van der Waals surface area contributed by atoms with E-state index in [1.165, 1.54) is 30.0 Å². The maximum atomic E-state index is 12.6. The Morgan fingerprint density at radius 2 is 2.10 bits per heavy atom. The number of carbonyl (C=O) groups excluding carboxylic acids is 1. The summed E-state index contributed by atoms with van der Waals surface area (Å²) < 4.78 is 13.4. The molecule has 3 saturated heterocycles. The third-order valence-corrected chi connectivity index (χ3v) is 10.4. The number of rotatable bonds is 6. The molecule has 6 rings (SSSR count). The standard InChI is InChI=1S/C32H46N6O3/c1-4-29(39)38-17-16-37(20-24(38)12-14-33)30-27-11-13-32(18-23-8-5-6-10-26(23)22(2)41-32)19-28(27)34-31(35-30)40-21-25-9-7-15-36(25)3/h4-6,8,10,22,24-25,27-28,30-31,34-35H,1,7,9,11-13,15-21H2,2-3H3/t22?,24?,25?,27?,28?,30?,31?,32-/m0/s1. The minimum atomic E-state index is -0.263. The summed E-state index contributed by atoms with van der Waals surface area (Å²) in [6, 6.07) is 11.6. The van der Waals surface area contributed by atoms with Crippen molar-refractivity contribution < 1.29 is 14.3 Å². The molecule has 1 aromatic rings. The van der Waals surface area contributed by atoms with E-state index in [9.17, 15) is 10.1 Å². The quantitative estimate of drug-likeness (QED) is 0.512. The lowest BCUT2D eigenvalue weighted by atomic mass is 9.69. The SMILES string of the molecule is C=CC(=O)N1CCN(C2NC(OCC3CCCN3C)NC3C[C@]4(CCC32)Cc2ccccc2C(C)O4)CC1CC#N. The molecule has 41 heavy (non-hydrogen) atoms. The largest absolute Gasteiger partial charge is 0.367 e. The number of nitrogens with zero attached hydrogens (tertiary/aromatic N) is 4. The van der Waals surface area contributed by atoms with Crippen molar-refractivity contribution in [1.29, 1.82) is 5.26 Å². The molecule has 0 bridgehead atoms. The van der Waals surface area contributed by atoms with Crippen molar-refractivity contribution in [3.8, 4) is 6.07 Å². The van der Waals surface area contributed by atoms with Crippen LogP contribution in [0, 0.1) is 17.2 Å². The first-order chi connectivity index (χ1) is 19.9. The fourth-order valence-corrected chi connectivity index (χ4v) is 8.24. The zero-order valence-corrected chi connectivity index (χ0v) is 24.6. The Kier molecular flexibility index (Phi) is 8.51. The Morgan fingerprint density at radius 3 is 2.88 bits per heavy atom. The van der Waals surface area contributed by atoms with E-state index >= 15 is 0 Å². The van der Waals surface area contributed by atoms with Gasteiger partial charge in [-0.1, -0.05) is 30.8 Å². The molecule has 7 unspecified atom stereocenters. The smallest absolute Gasteiger partial charge is 0.246 e. The van der Waals surface area contributed by atoms with Crippen LogP contribution in [0.15, 0.2) is 36.9 Å². The summed E-state index contributed by atoms with van der Waals surface area (Å²) in [5.41, 5.74) is 2.54. The second kappa shape index (κ2) is 12.1. The van der Waals surface area contributed by atoms with Gasteiger partial charge in [0.15, 0.2) is 6.35 Å². The highest BCUT2D eigenvalue weighted by molar-refractivity contribution is 5.87. The lowest BCUT2D eigenvalue weighted by Gasteiger charge is -2.56. The van der Waals surface area contributed by atoms with E-state index in [0.717, 1.165) is 38.8 Å². The molecule has 1 spiro atoms. The number of amides is 1. The van der Waals surface area contributed by atoms with Gasteiger partial charge in [0.05, 0.1) is 43.0 Å². The van der Waals surface area contributed by atoms with Crippen LogP contribution in [0.3, 0.4) is 0 Å². The van der Waals surface area contributed by atoms with E-state index in [4.69, 9.17) is 9.47 Å². The molecule has 5 aliphatic rings. The molecule has 1 amide bonds. The third kappa shape index (κ3) is 5.83. The highest BCUT2D eigenvalue weighted by Crippen LogP contribution is 2.47. The Hall–Kier alpha value is -2.32. The van der Waals surface area contributed by atoms with Gasteiger partial charge in [0.25, 0.3) is 0 Å². The molecule has 1 saturated carbocycles.